The number of anilines is 2. The Morgan fingerprint density at radius 2 is 1.55 bits per heavy atom. The zero-order valence-electron chi connectivity index (χ0n) is 23.5. The van der Waals surface area contributed by atoms with E-state index in [0.29, 0.717) is 65.6 Å². The maximum atomic E-state index is 15.3. The van der Waals surface area contributed by atoms with E-state index < -0.39 is 17.1 Å². The first-order valence-electron chi connectivity index (χ1n) is 13.8. The summed E-state index contributed by atoms with van der Waals surface area (Å²) in [7, 11) is 0. The Morgan fingerprint density at radius 3 is 2.21 bits per heavy atom. The van der Waals surface area contributed by atoms with Crippen LogP contribution in [-0.4, -0.2) is 36.1 Å². The number of nitrogens with one attached hydrogen (secondary N) is 2. The van der Waals surface area contributed by atoms with Gasteiger partial charge in [0.15, 0.2) is 23.1 Å². The molecule has 6 rings (SSSR count). The molecule has 9 nitrogen and oxygen atoms in total. The number of amides is 2. The summed E-state index contributed by atoms with van der Waals surface area (Å²) in [4.78, 5) is 30.4. The minimum atomic E-state index is -1.19. The molecule has 0 bridgehead atoms. The van der Waals surface area contributed by atoms with Gasteiger partial charge in [-0.15, -0.1) is 0 Å². The highest BCUT2D eigenvalue weighted by molar-refractivity contribution is 6.16. The van der Waals surface area contributed by atoms with Crippen molar-refractivity contribution in [2.45, 2.75) is 39.7 Å². The van der Waals surface area contributed by atoms with Crippen LogP contribution in [0.25, 0.3) is 10.9 Å². The normalized spacial score (nSPS) is 14.8. The van der Waals surface area contributed by atoms with Crippen LogP contribution in [0, 0.1) is 18.2 Å². The lowest BCUT2D eigenvalue weighted by atomic mass is 10.0. The number of pyridine rings is 1. The number of carbonyl (C=O) groups is 2. The van der Waals surface area contributed by atoms with Gasteiger partial charge in [0.1, 0.15) is 24.4 Å². The predicted octanol–water partition coefficient (Wildman–Crippen LogP) is 6.39. The number of carbonyl (C=O) groups excluding carboxylic acids is 2. The maximum Gasteiger partial charge on any atom is 0.240 e. The molecule has 0 unspecified atom stereocenters. The van der Waals surface area contributed by atoms with Gasteiger partial charge in [-0.2, -0.15) is 0 Å². The first-order valence-corrected chi connectivity index (χ1v) is 13.8. The quantitative estimate of drug-likeness (QED) is 0.236. The van der Waals surface area contributed by atoms with Crippen LogP contribution in [0.2, 0.25) is 0 Å². The fraction of sp³-hybridized carbons (Fsp3) is 0.281. The van der Waals surface area contributed by atoms with Gasteiger partial charge in [-0.25, -0.2) is 4.39 Å². The maximum absolute atomic E-state index is 15.3. The molecule has 2 N–H and O–H groups in total. The van der Waals surface area contributed by atoms with Gasteiger partial charge in [-0.1, -0.05) is 17.7 Å². The lowest BCUT2D eigenvalue weighted by Crippen LogP contribution is -2.35. The van der Waals surface area contributed by atoms with E-state index in [4.69, 9.17) is 18.9 Å². The second kappa shape index (κ2) is 10.8. The number of nitrogens with zero attached hydrogens (tertiary/aromatic N) is 1. The Labute approximate surface area is 241 Å². The molecule has 2 aliphatic rings. The molecule has 1 fully saturated rings. The summed E-state index contributed by atoms with van der Waals surface area (Å²) >= 11 is 0. The summed E-state index contributed by atoms with van der Waals surface area (Å²) in [6.45, 7) is 6.46. The van der Waals surface area contributed by atoms with E-state index in [2.05, 4.69) is 15.6 Å². The third-order valence-corrected chi connectivity index (χ3v) is 7.14. The van der Waals surface area contributed by atoms with E-state index in [1.54, 1.807) is 30.5 Å². The molecule has 0 spiro atoms. The van der Waals surface area contributed by atoms with Crippen molar-refractivity contribution in [1.29, 1.82) is 0 Å². The monoisotopic (exact) mass is 571 g/mol. The number of benzene rings is 3. The highest BCUT2D eigenvalue weighted by atomic mass is 19.1. The Kier molecular flexibility index (Phi) is 7.06. The van der Waals surface area contributed by atoms with Crippen LogP contribution in [0.3, 0.4) is 0 Å². The van der Waals surface area contributed by atoms with Crippen LogP contribution in [0.1, 0.15) is 32.3 Å². The van der Waals surface area contributed by atoms with Crippen molar-refractivity contribution in [2.24, 2.45) is 5.41 Å². The number of rotatable bonds is 8. The molecule has 1 aliphatic carbocycles. The molecule has 0 radical (unpaired) electrons. The number of hydrogen-bond donors (Lipinski definition) is 2. The fourth-order valence-electron chi connectivity index (χ4n) is 4.80. The van der Waals surface area contributed by atoms with Crippen molar-refractivity contribution in [2.75, 3.05) is 23.8 Å². The van der Waals surface area contributed by atoms with Crippen LogP contribution < -0.4 is 29.6 Å². The molecule has 1 aliphatic heterocycles. The summed E-state index contributed by atoms with van der Waals surface area (Å²) in [5, 5.41) is 6.02. The molecule has 10 heteroatoms. The third-order valence-electron chi connectivity index (χ3n) is 7.14. The van der Waals surface area contributed by atoms with Gasteiger partial charge in [-0.05, 0) is 63.9 Å². The highest BCUT2D eigenvalue weighted by Crippen LogP contribution is 2.49. The van der Waals surface area contributed by atoms with E-state index in [9.17, 15) is 9.59 Å². The van der Waals surface area contributed by atoms with Gasteiger partial charge in [-0.3, -0.25) is 14.6 Å². The first-order chi connectivity index (χ1) is 20.2. The van der Waals surface area contributed by atoms with Gasteiger partial charge < -0.3 is 29.6 Å². The van der Waals surface area contributed by atoms with E-state index in [-0.39, 0.29) is 23.4 Å². The lowest BCUT2D eigenvalue weighted by molar-refractivity contribution is -0.131. The fourth-order valence-corrected chi connectivity index (χ4v) is 4.80. The van der Waals surface area contributed by atoms with E-state index >= 15 is 4.39 Å². The molecule has 3 aromatic carbocycles. The number of halogens is 1. The lowest BCUT2D eigenvalue weighted by Gasteiger charge is -2.24. The molecule has 42 heavy (non-hydrogen) atoms. The molecule has 0 atom stereocenters. The molecule has 1 aromatic heterocycles. The molecular weight excluding hydrogens is 541 g/mol. The van der Waals surface area contributed by atoms with Crippen LogP contribution in [0.15, 0.2) is 60.8 Å². The largest absolute Gasteiger partial charge is 0.487 e. The van der Waals surface area contributed by atoms with Crippen molar-refractivity contribution in [3.05, 3.63) is 72.2 Å². The number of aromatic nitrogens is 1. The Morgan fingerprint density at radius 1 is 0.881 bits per heavy atom. The molecule has 1 saturated carbocycles. The standard InChI is InChI=1S/C32H30FN3O6/c1-18(2)41-26-17-23-27(29-28(26)39-14-15-40-29)25(10-13-34-23)42-24-9-8-21(16-22(24)33)36-31(38)32(11-12-32)30(37)35-20-6-4-19(3)5-7-20/h4-10,13,16-18H,11-12,14-15H2,1-3H3,(H,35,37)(H,36,38). The summed E-state index contributed by atoms with van der Waals surface area (Å²) in [6, 6.07) is 14.8. The average Bonchev–Trinajstić information content (AvgIpc) is 3.78. The molecule has 4 aromatic rings. The van der Waals surface area contributed by atoms with Crippen LogP contribution in [0.5, 0.6) is 28.7 Å². The molecule has 2 amide bonds. The van der Waals surface area contributed by atoms with E-state index in [0.717, 1.165) is 11.6 Å². The van der Waals surface area contributed by atoms with Gasteiger partial charge >= 0.3 is 0 Å². The Balaban J connectivity index is 1.21. The number of fused-ring (bicyclic) bond motifs is 3. The smallest absolute Gasteiger partial charge is 0.240 e. The van der Waals surface area contributed by atoms with Crippen LogP contribution in [0.4, 0.5) is 15.8 Å². The number of hydrogen-bond acceptors (Lipinski definition) is 7. The zero-order chi connectivity index (χ0) is 29.4. The minimum Gasteiger partial charge on any atom is -0.487 e. The zero-order valence-corrected chi connectivity index (χ0v) is 23.5. The minimum absolute atomic E-state index is 0.0632. The van der Waals surface area contributed by atoms with Crippen molar-refractivity contribution >= 4 is 34.1 Å². The topological polar surface area (TPSA) is 108 Å². The Bertz CT molecular complexity index is 1680. The van der Waals surface area contributed by atoms with Gasteiger partial charge in [0.2, 0.25) is 17.6 Å². The van der Waals surface area contributed by atoms with Gasteiger partial charge in [0.05, 0.1) is 17.0 Å². The third kappa shape index (κ3) is 5.27. The predicted molar refractivity (Wildman–Crippen MR) is 155 cm³/mol. The van der Waals surface area contributed by atoms with E-state index in [1.165, 1.54) is 12.1 Å². The summed E-state index contributed by atoms with van der Waals surface area (Å²) in [5.74, 6) is 0.0557. The first kappa shape index (κ1) is 27.3. The molecule has 0 saturated heterocycles. The second-order valence-electron chi connectivity index (χ2n) is 10.7. The second-order valence-corrected chi connectivity index (χ2v) is 10.7. The molecule has 2 heterocycles. The summed E-state index contributed by atoms with van der Waals surface area (Å²) < 4.78 is 39.0. The Hall–Kier alpha value is -4.86. The van der Waals surface area contributed by atoms with Gasteiger partial charge in [0.25, 0.3) is 0 Å². The van der Waals surface area contributed by atoms with Crippen LogP contribution in [-0.2, 0) is 9.59 Å². The van der Waals surface area contributed by atoms with Crippen molar-refractivity contribution in [1.82, 2.24) is 4.98 Å². The van der Waals surface area contributed by atoms with E-state index in [1.807, 2.05) is 32.9 Å². The van der Waals surface area contributed by atoms with Gasteiger partial charge in [0, 0.05) is 29.7 Å². The molecule has 216 valence electrons. The number of aryl methyl sites for hydroxylation is 1. The van der Waals surface area contributed by atoms with Crippen molar-refractivity contribution in [3.8, 4) is 28.7 Å². The average molecular weight is 572 g/mol. The molecular formula is C32H30FN3O6. The van der Waals surface area contributed by atoms with Crippen molar-refractivity contribution < 1.29 is 32.9 Å². The van der Waals surface area contributed by atoms with Crippen molar-refractivity contribution in [3.63, 3.8) is 0 Å². The number of ether oxygens (including phenoxy) is 4. The summed E-state index contributed by atoms with van der Waals surface area (Å²) in [6.07, 6.45) is 2.28. The SMILES string of the molecule is Cc1ccc(NC(=O)C2(C(=O)Nc3ccc(Oc4ccnc5cc(OC(C)C)c6c(c45)OCCO6)c(F)c3)CC2)cc1. The van der Waals surface area contributed by atoms with Crippen LogP contribution >= 0.6 is 0 Å². The summed E-state index contributed by atoms with van der Waals surface area (Å²) in [5.41, 5.74) is 1.23. The highest BCUT2D eigenvalue weighted by Gasteiger charge is 2.56.